The number of allylic oxidation sites excluding steroid dienone is 1. The summed E-state index contributed by atoms with van der Waals surface area (Å²) in [5.74, 6) is 1.14. The lowest BCUT2D eigenvalue weighted by molar-refractivity contribution is 0.141. The Morgan fingerprint density at radius 1 is 1.25 bits per heavy atom. The van der Waals surface area contributed by atoms with Crippen molar-refractivity contribution < 1.29 is 9.47 Å². The van der Waals surface area contributed by atoms with E-state index in [1.165, 1.54) is 11.1 Å². The zero-order chi connectivity index (χ0) is 24.5. The van der Waals surface area contributed by atoms with Crippen LogP contribution in [-0.4, -0.2) is 45.2 Å². The minimum atomic E-state index is -0.174. The highest BCUT2D eigenvalue weighted by Crippen LogP contribution is 2.25. The third kappa shape index (κ3) is 4.27. The number of hydrogen-bond acceptors (Lipinski definition) is 7. The van der Waals surface area contributed by atoms with Crippen molar-refractivity contribution in [2.75, 3.05) is 25.1 Å². The van der Waals surface area contributed by atoms with Crippen LogP contribution in [0, 0.1) is 0 Å². The Bertz CT molecular complexity index is 1480. The summed E-state index contributed by atoms with van der Waals surface area (Å²) in [5.41, 5.74) is 4.64. The highest BCUT2D eigenvalue weighted by atomic mass is 16.5. The molecule has 0 aliphatic carbocycles. The van der Waals surface area contributed by atoms with Crippen LogP contribution in [0.3, 0.4) is 0 Å². The smallest absolute Gasteiger partial charge is 0.278 e. The van der Waals surface area contributed by atoms with Crippen LogP contribution >= 0.6 is 0 Å². The van der Waals surface area contributed by atoms with Gasteiger partial charge < -0.3 is 20.1 Å². The van der Waals surface area contributed by atoms with E-state index in [1.54, 1.807) is 21.6 Å². The van der Waals surface area contributed by atoms with E-state index in [2.05, 4.69) is 34.3 Å². The fourth-order valence-electron chi connectivity index (χ4n) is 4.81. The Kier molecular flexibility index (Phi) is 6.00. The molecule has 2 aliphatic rings. The number of rotatable bonds is 7. The summed E-state index contributed by atoms with van der Waals surface area (Å²) in [6.45, 7) is 7.30. The van der Waals surface area contributed by atoms with Crippen molar-refractivity contribution >= 4 is 22.7 Å². The number of aromatic nitrogens is 4. The van der Waals surface area contributed by atoms with E-state index < -0.39 is 0 Å². The molecule has 0 saturated carbocycles. The largest absolute Gasteiger partial charge is 0.488 e. The van der Waals surface area contributed by atoms with Crippen LogP contribution in [0.4, 0.5) is 11.6 Å². The molecule has 4 aromatic rings. The molecule has 0 amide bonds. The van der Waals surface area contributed by atoms with E-state index in [-0.39, 0.29) is 11.7 Å². The summed E-state index contributed by atoms with van der Waals surface area (Å²) in [5, 5.41) is 7.15. The van der Waals surface area contributed by atoms with E-state index in [0.717, 1.165) is 43.1 Å². The first-order valence-corrected chi connectivity index (χ1v) is 12.2. The molecule has 6 rings (SSSR count). The van der Waals surface area contributed by atoms with Crippen LogP contribution in [0.5, 0.6) is 5.75 Å². The van der Waals surface area contributed by atoms with Gasteiger partial charge in [0.25, 0.3) is 5.56 Å². The first kappa shape index (κ1) is 22.5. The summed E-state index contributed by atoms with van der Waals surface area (Å²) in [4.78, 5) is 22.5. The van der Waals surface area contributed by atoms with Gasteiger partial charge in [0.15, 0.2) is 5.65 Å². The molecule has 184 valence electrons. The molecule has 2 aromatic heterocycles. The van der Waals surface area contributed by atoms with Crippen LogP contribution in [0.2, 0.25) is 0 Å². The van der Waals surface area contributed by atoms with Gasteiger partial charge in [-0.2, -0.15) is 4.98 Å². The first-order valence-electron chi connectivity index (χ1n) is 12.2. The highest BCUT2D eigenvalue weighted by Gasteiger charge is 2.20. The minimum absolute atomic E-state index is 0.0296. The van der Waals surface area contributed by atoms with Crippen LogP contribution in [0.1, 0.15) is 17.5 Å². The topological polar surface area (TPSA) is 95.2 Å². The zero-order valence-corrected chi connectivity index (χ0v) is 19.9. The summed E-state index contributed by atoms with van der Waals surface area (Å²) in [6.07, 6.45) is 5.19. The number of nitrogens with one attached hydrogen (secondary N) is 2. The average molecular weight is 485 g/mol. The van der Waals surface area contributed by atoms with E-state index in [4.69, 9.17) is 14.5 Å². The standard InChI is InChI=1S/C27H28N6O3/c1-2-11-32-26(34)24-16-29-27(30-20-7-6-18-8-10-28-15-19(18)13-20)31-25(24)33(32)21-4-3-5-22(14-21)36-23-9-12-35-17-23/h2-7,13-14,16,23,28H,1,8-12,15,17H2,(H,29,30,31). The predicted molar refractivity (Wildman–Crippen MR) is 138 cm³/mol. The van der Waals surface area contributed by atoms with E-state index in [0.29, 0.717) is 36.7 Å². The summed E-state index contributed by atoms with van der Waals surface area (Å²) >= 11 is 0. The third-order valence-corrected chi connectivity index (χ3v) is 6.58. The SMILES string of the molecule is C=CCn1c(=O)c2cnc(Nc3ccc4c(c3)CNCC4)nc2n1-c1cccc(OC2CCOC2)c1. The fourth-order valence-corrected chi connectivity index (χ4v) is 4.81. The van der Waals surface area contributed by atoms with E-state index in [1.807, 2.05) is 30.3 Å². The maximum atomic E-state index is 13.2. The predicted octanol–water partition coefficient (Wildman–Crippen LogP) is 3.33. The molecule has 9 heteroatoms. The van der Waals surface area contributed by atoms with Gasteiger partial charge >= 0.3 is 0 Å². The Morgan fingerprint density at radius 3 is 3.06 bits per heavy atom. The van der Waals surface area contributed by atoms with Crippen molar-refractivity contribution in [3.63, 3.8) is 0 Å². The second-order valence-electron chi connectivity index (χ2n) is 9.05. The molecule has 2 N–H and O–H groups in total. The normalized spacial score (nSPS) is 17.2. The molecule has 2 aromatic carbocycles. The van der Waals surface area contributed by atoms with Crippen LogP contribution in [-0.2, 0) is 24.2 Å². The second-order valence-corrected chi connectivity index (χ2v) is 9.05. The maximum absolute atomic E-state index is 13.2. The van der Waals surface area contributed by atoms with Gasteiger partial charge in [0.2, 0.25) is 5.95 Å². The number of hydrogen-bond donors (Lipinski definition) is 2. The Morgan fingerprint density at radius 2 is 2.19 bits per heavy atom. The molecule has 4 heterocycles. The van der Waals surface area contributed by atoms with Gasteiger partial charge in [0.05, 0.1) is 25.4 Å². The molecule has 36 heavy (non-hydrogen) atoms. The number of ether oxygens (including phenoxy) is 2. The van der Waals surface area contributed by atoms with Crippen LogP contribution in [0.15, 0.2) is 66.1 Å². The van der Waals surface area contributed by atoms with Crippen molar-refractivity contribution in [1.82, 2.24) is 24.6 Å². The van der Waals surface area contributed by atoms with Crippen molar-refractivity contribution in [1.29, 1.82) is 0 Å². The van der Waals surface area contributed by atoms with Gasteiger partial charge in [-0.3, -0.25) is 4.79 Å². The van der Waals surface area contributed by atoms with Gasteiger partial charge in [-0.05, 0) is 48.4 Å². The molecular weight excluding hydrogens is 456 g/mol. The number of anilines is 2. The highest BCUT2D eigenvalue weighted by molar-refractivity contribution is 5.77. The van der Waals surface area contributed by atoms with E-state index >= 15 is 0 Å². The molecule has 1 saturated heterocycles. The molecule has 1 atom stereocenters. The summed E-state index contributed by atoms with van der Waals surface area (Å²) < 4.78 is 15.0. The van der Waals surface area contributed by atoms with Crippen LogP contribution < -0.4 is 20.9 Å². The fraction of sp³-hybridized carbons (Fsp3) is 0.296. The van der Waals surface area contributed by atoms with Crippen molar-refractivity contribution in [3.05, 3.63) is 82.8 Å². The molecule has 0 spiro atoms. The van der Waals surface area contributed by atoms with Crippen molar-refractivity contribution in [2.45, 2.75) is 32.0 Å². The van der Waals surface area contributed by atoms with Crippen molar-refractivity contribution in [3.8, 4) is 11.4 Å². The van der Waals surface area contributed by atoms with Gasteiger partial charge in [-0.25, -0.2) is 14.3 Å². The summed E-state index contributed by atoms with van der Waals surface area (Å²) in [6, 6.07) is 14.0. The quantitative estimate of drug-likeness (QED) is 0.389. The lowest BCUT2D eigenvalue weighted by atomic mass is 10.0. The molecule has 1 fully saturated rings. The lowest BCUT2D eigenvalue weighted by Crippen LogP contribution is -2.23. The number of fused-ring (bicyclic) bond motifs is 2. The monoisotopic (exact) mass is 484 g/mol. The number of benzene rings is 2. The zero-order valence-electron chi connectivity index (χ0n) is 19.9. The van der Waals surface area contributed by atoms with Crippen molar-refractivity contribution in [2.24, 2.45) is 0 Å². The van der Waals surface area contributed by atoms with Gasteiger partial charge in [0.1, 0.15) is 17.2 Å². The Balaban J connectivity index is 1.39. The molecule has 0 radical (unpaired) electrons. The first-order chi connectivity index (χ1) is 17.7. The molecule has 9 nitrogen and oxygen atoms in total. The van der Waals surface area contributed by atoms with Gasteiger partial charge in [-0.15, -0.1) is 6.58 Å². The molecular formula is C27H28N6O3. The van der Waals surface area contributed by atoms with Gasteiger partial charge in [0, 0.05) is 30.9 Å². The maximum Gasteiger partial charge on any atom is 0.278 e. The summed E-state index contributed by atoms with van der Waals surface area (Å²) in [7, 11) is 0. The van der Waals surface area contributed by atoms with Gasteiger partial charge in [-0.1, -0.05) is 18.2 Å². The van der Waals surface area contributed by atoms with E-state index in [9.17, 15) is 4.79 Å². The second kappa shape index (κ2) is 9.60. The molecule has 0 bridgehead atoms. The number of nitrogens with zero attached hydrogens (tertiary/aromatic N) is 4. The Labute approximate surface area is 208 Å². The minimum Gasteiger partial charge on any atom is -0.488 e. The third-order valence-electron chi connectivity index (χ3n) is 6.58. The Hall–Kier alpha value is -3.95. The van der Waals surface area contributed by atoms with Crippen LogP contribution in [0.25, 0.3) is 16.7 Å². The average Bonchev–Trinajstić information content (AvgIpc) is 3.50. The lowest BCUT2D eigenvalue weighted by Gasteiger charge is -2.18. The molecule has 1 unspecified atom stereocenters. The molecule has 2 aliphatic heterocycles.